The molecule has 26 heavy (non-hydrogen) atoms. The predicted octanol–water partition coefficient (Wildman–Crippen LogP) is 2.69. The van der Waals surface area contributed by atoms with Crippen LogP contribution in [0.3, 0.4) is 0 Å². The van der Waals surface area contributed by atoms with Gasteiger partial charge >= 0.3 is 6.03 Å². The van der Waals surface area contributed by atoms with Gasteiger partial charge in [0, 0.05) is 30.8 Å². The molecule has 0 unspecified atom stereocenters. The van der Waals surface area contributed by atoms with Crippen LogP contribution in [0.1, 0.15) is 21.5 Å². The Morgan fingerprint density at radius 1 is 1.15 bits per heavy atom. The van der Waals surface area contributed by atoms with Crippen molar-refractivity contribution in [2.24, 2.45) is 4.99 Å². The van der Waals surface area contributed by atoms with Gasteiger partial charge in [-0.25, -0.2) is 9.78 Å². The van der Waals surface area contributed by atoms with Gasteiger partial charge in [0.25, 0.3) is 0 Å². The van der Waals surface area contributed by atoms with E-state index in [1.807, 2.05) is 42.5 Å². The van der Waals surface area contributed by atoms with Crippen molar-refractivity contribution in [2.45, 2.75) is 0 Å². The number of hydrogen-bond donors (Lipinski definition) is 2. The Hall–Kier alpha value is -3.48. The predicted molar refractivity (Wildman–Crippen MR) is 100 cm³/mol. The molecule has 4 rings (SSSR count). The summed E-state index contributed by atoms with van der Waals surface area (Å²) in [4.78, 5) is 37.2. The van der Waals surface area contributed by atoms with Crippen molar-refractivity contribution in [3.8, 4) is 0 Å². The zero-order valence-electron chi connectivity index (χ0n) is 14.4. The van der Waals surface area contributed by atoms with Crippen LogP contribution in [0.15, 0.2) is 47.5 Å². The van der Waals surface area contributed by atoms with Crippen molar-refractivity contribution in [3.05, 3.63) is 59.2 Å². The third-order valence-electron chi connectivity index (χ3n) is 4.25. The molecular formula is C19H17N5O2. The lowest BCUT2D eigenvalue weighted by Crippen LogP contribution is -2.27. The molecule has 0 aliphatic carbocycles. The van der Waals surface area contributed by atoms with Gasteiger partial charge in [0.1, 0.15) is 6.54 Å². The molecule has 2 amide bonds. The fraction of sp³-hybridized carbons (Fsp3) is 0.158. The maximum absolute atomic E-state index is 12.1. The van der Waals surface area contributed by atoms with Crippen LogP contribution in [0.5, 0.6) is 0 Å². The second-order valence-electron chi connectivity index (χ2n) is 6.28. The van der Waals surface area contributed by atoms with E-state index >= 15 is 0 Å². The minimum atomic E-state index is -0.256. The molecule has 1 aromatic heterocycles. The zero-order valence-corrected chi connectivity index (χ0v) is 14.4. The minimum Gasteiger partial charge on any atom is -0.331 e. The molecule has 2 N–H and O–H groups in total. The smallest absolute Gasteiger partial charge is 0.323 e. The van der Waals surface area contributed by atoms with Crippen LogP contribution in [0.25, 0.3) is 11.0 Å². The number of ketones is 1. The number of aliphatic imine (C=N–C) groups is 1. The Labute approximate surface area is 149 Å². The van der Waals surface area contributed by atoms with E-state index in [9.17, 15) is 9.59 Å². The third kappa shape index (κ3) is 2.73. The average Bonchev–Trinajstić information content (AvgIpc) is 3.03. The highest BCUT2D eigenvalue weighted by atomic mass is 16.2. The highest BCUT2D eigenvalue weighted by Gasteiger charge is 2.21. The normalized spacial score (nSPS) is 13.3. The largest absolute Gasteiger partial charge is 0.331 e. The highest BCUT2D eigenvalue weighted by Crippen LogP contribution is 2.23. The highest BCUT2D eigenvalue weighted by molar-refractivity contribution is 6.22. The van der Waals surface area contributed by atoms with Gasteiger partial charge in [-0.1, -0.05) is 30.3 Å². The molecule has 0 saturated heterocycles. The summed E-state index contributed by atoms with van der Waals surface area (Å²) in [7, 11) is 3.33. The molecule has 7 heteroatoms. The standard InChI is InChI=1S/C19H17N5O2/c1-24(2)19(26)23-18-21-14-8-7-11(9-15(14)22-18)17-13-6-4-3-5-12(13)16(25)10-20-17/h3-9H,10H2,1-2H3,(H2,21,22,23,26). The Morgan fingerprint density at radius 3 is 2.69 bits per heavy atom. The molecule has 0 fully saturated rings. The maximum atomic E-state index is 12.1. The average molecular weight is 347 g/mol. The Balaban J connectivity index is 1.72. The lowest BCUT2D eigenvalue weighted by atomic mass is 9.92. The van der Waals surface area contributed by atoms with Gasteiger partial charge in [-0.15, -0.1) is 0 Å². The van der Waals surface area contributed by atoms with Gasteiger partial charge in [-0.2, -0.15) is 0 Å². The number of carbonyl (C=O) groups excluding carboxylic acids is 2. The molecular weight excluding hydrogens is 330 g/mol. The van der Waals surface area contributed by atoms with Gasteiger partial charge in [-0.3, -0.25) is 15.1 Å². The number of imidazole rings is 1. The lowest BCUT2D eigenvalue weighted by Gasteiger charge is -2.16. The number of fused-ring (bicyclic) bond motifs is 2. The molecule has 0 spiro atoms. The summed E-state index contributed by atoms with van der Waals surface area (Å²) in [5, 5.41) is 2.70. The van der Waals surface area contributed by atoms with Crippen LogP contribution < -0.4 is 5.32 Å². The number of carbonyl (C=O) groups is 2. The molecule has 2 heterocycles. The number of Topliss-reactive ketones (excluding diaryl/α,β-unsaturated/α-hetero) is 1. The number of urea groups is 1. The summed E-state index contributed by atoms with van der Waals surface area (Å²) < 4.78 is 0. The van der Waals surface area contributed by atoms with Gasteiger partial charge in [-0.05, 0) is 12.1 Å². The first kappa shape index (κ1) is 16.0. The first-order chi connectivity index (χ1) is 12.5. The summed E-state index contributed by atoms with van der Waals surface area (Å²) in [5.74, 6) is 0.415. The van der Waals surface area contributed by atoms with E-state index in [0.717, 1.165) is 27.9 Å². The summed E-state index contributed by atoms with van der Waals surface area (Å²) in [6.07, 6.45) is 0. The number of nitrogens with one attached hydrogen (secondary N) is 2. The first-order valence-electron chi connectivity index (χ1n) is 8.18. The van der Waals surface area contributed by atoms with Crippen molar-refractivity contribution < 1.29 is 9.59 Å². The van der Waals surface area contributed by atoms with E-state index in [1.54, 1.807) is 14.1 Å². The first-order valence-corrected chi connectivity index (χ1v) is 8.18. The molecule has 2 aromatic carbocycles. The van der Waals surface area contributed by atoms with Crippen molar-refractivity contribution in [1.29, 1.82) is 0 Å². The Morgan fingerprint density at radius 2 is 1.92 bits per heavy atom. The Bertz CT molecular complexity index is 1060. The van der Waals surface area contributed by atoms with E-state index in [4.69, 9.17) is 0 Å². The molecule has 1 aliphatic heterocycles. The van der Waals surface area contributed by atoms with Gasteiger partial charge in [0.15, 0.2) is 5.78 Å². The van der Waals surface area contributed by atoms with E-state index in [2.05, 4.69) is 20.3 Å². The lowest BCUT2D eigenvalue weighted by molar-refractivity contribution is 0.1000. The van der Waals surface area contributed by atoms with Crippen LogP contribution in [-0.2, 0) is 0 Å². The molecule has 0 radical (unpaired) electrons. The van der Waals surface area contributed by atoms with Crippen molar-refractivity contribution in [2.75, 3.05) is 26.0 Å². The monoisotopic (exact) mass is 347 g/mol. The van der Waals surface area contributed by atoms with Crippen LogP contribution in [-0.4, -0.2) is 53.0 Å². The SMILES string of the molecule is CN(C)C(=O)Nc1nc2ccc(C3=NCC(=O)c4ccccc43)cc2[nH]1. The van der Waals surface area contributed by atoms with E-state index in [0.29, 0.717) is 11.5 Å². The molecule has 0 bridgehead atoms. The number of hydrogen-bond acceptors (Lipinski definition) is 4. The van der Waals surface area contributed by atoms with Crippen molar-refractivity contribution in [3.63, 3.8) is 0 Å². The maximum Gasteiger partial charge on any atom is 0.323 e. The Kier molecular flexibility index (Phi) is 3.76. The van der Waals surface area contributed by atoms with Gasteiger partial charge < -0.3 is 9.88 Å². The van der Waals surface area contributed by atoms with Crippen molar-refractivity contribution >= 4 is 34.5 Å². The number of aromatic nitrogens is 2. The van der Waals surface area contributed by atoms with E-state index in [1.165, 1.54) is 4.90 Å². The van der Waals surface area contributed by atoms with Crippen molar-refractivity contribution in [1.82, 2.24) is 14.9 Å². The topological polar surface area (TPSA) is 90.4 Å². The second kappa shape index (κ2) is 6.11. The number of nitrogens with zero attached hydrogens (tertiary/aromatic N) is 3. The van der Waals surface area contributed by atoms with Crippen LogP contribution in [0, 0.1) is 0 Å². The molecule has 7 nitrogen and oxygen atoms in total. The molecule has 1 aliphatic rings. The van der Waals surface area contributed by atoms with Gasteiger partial charge in [0.05, 0.1) is 16.7 Å². The molecule has 3 aromatic rings. The minimum absolute atomic E-state index is 0.0284. The number of benzene rings is 2. The number of amides is 2. The summed E-state index contributed by atoms with van der Waals surface area (Å²) in [6, 6.07) is 13.0. The fourth-order valence-corrected chi connectivity index (χ4v) is 2.93. The number of rotatable bonds is 2. The second-order valence-corrected chi connectivity index (χ2v) is 6.28. The summed E-state index contributed by atoms with van der Waals surface area (Å²) >= 11 is 0. The molecule has 130 valence electrons. The van der Waals surface area contributed by atoms with Gasteiger partial charge in [0.2, 0.25) is 5.95 Å². The number of anilines is 1. The zero-order chi connectivity index (χ0) is 18.3. The third-order valence-corrected chi connectivity index (χ3v) is 4.25. The number of aromatic amines is 1. The summed E-state index contributed by atoms with van der Waals surface area (Å²) in [5.41, 5.74) is 4.74. The van der Waals surface area contributed by atoms with E-state index in [-0.39, 0.29) is 18.4 Å². The molecule has 0 atom stereocenters. The number of H-pyrrole nitrogens is 1. The molecule has 0 saturated carbocycles. The van der Waals surface area contributed by atoms with Crippen LogP contribution >= 0.6 is 0 Å². The van der Waals surface area contributed by atoms with Crippen LogP contribution in [0.4, 0.5) is 10.7 Å². The fourth-order valence-electron chi connectivity index (χ4n) is 2.93. The van der Waals surface area contributed by atoms with Crippen LogP contribution in [0.2, 0.25) is 0 Å². The summed E-state index contributed by atoms with van der Waals surface area (Å²) in [6.45, 7) is 0.150. The van der Waals surface area contributed by atoms with E-state index < -0.39 is 0 Å². The quantitative estimate of drug-likeness (QED) is 0.747.